The number of amides is 4. The fourth-order valence-electron chi connectivity index (χ4n) is 4.00. The van der Waals surface area contributed by atoms with Gasteiger partial charge in [0.15, 0.2) is 5.82 Å². The molecule has 0 aliphatic carbocycles. The first kappa shape index (κ1) is 30.9. The number of rotatable bonds is 7. The van der Waals surface area contributed by atoms with E-state index in [-0.39, 0.29) is 36.6 Å². The summed E-state index contributed by atoms with van der Waals surface area (Å²) in [6, 6.07) is 3.65. The Hall–Kier alpha value is -3.64. The first-order valence-corrected chi connectivity index (χ1v) is 12.9. The maximum absolute atomic E-state index is 14.6. The predicted octanol–water partition coefficient (Wildman–Crippen LogP) is 4.71. The van der Waals surface area contributed by atoms with Crippen LogP contribution in [0.1, 0.15) is 38.3 Å². The van der Waals surface area contributed by atoms with Crippen LogP contribution < -0.4 is 16.0 Å². The lowest BCUT2D eigenvalue weighted by Crippen LogP contribution is -2.56. The Labute approximate surface area is 238 Å². The van der Waals surface area contributed by atoms with E-state index in [0.29, 0.717) is 11.1 Å². The first-order valence-electron chi connectivity index (χ1n) is 12.1. The minimum absolute atomic E-state index is 0.0774. The average Bonchev–Trinajstić information content (AvgIpc) is 2.86. The molecule has 1 aliphatic heterocycles. The average molecular weight is 601 g/mol. The third-order valence-corrected chi connectivity index (χ3v) is 6.66. The second kappa shape index (κ2) is 12.7. The fraction of sp³-hybridized carbons (Fsp3) is 0.385. The molecule has 4 N–H and O–H groups in total. The van der Waals surface area contributed by atoms with E-state index >= 15 is 0 Å². The van der Waals surface area contributed by atoms with Crippen molar-refractivity contribution in [2.75, 3.05) is 11.9 Å². The molecule has 2 aromatic rings. The third kappa shape index (κ3) is 7.95. The van der Waals surface area contributed by atoms with Gasteiger partial charge in [0.25, 0.3) is 0 Å². The standard InChI is InChI=1S/C26H28Cl2F2N4O6/c1-26(2,3)40-24(37)31-9-8-18(22(35)32-17-7-6-16(27)20(28)21(17)30)33-23(36)19-11-14-10-15(29)5-4-13(14)12-34(19)25(38)39/h4-7,10,18-19H,8-9,11-12H2,1-3H3,(H,31,37)(H,32,35)(H,33,36)(H,38,39). The van der Waals surface area contributed by atoms with Gasteiger partial charge < -0.3 is 25.8 Å². The van der Waals surface area contributed by atoms with Crippen LogP contribution in [0.2, 0.25) is 10.0 Å². The quantitative estimate of drug-likeness (QED) is 0.340. The summed E-state index contributed by atoms with van der Waals surface area (Å²) < 4.78 is 33.6. The van der Waals surface area contributed by atoms with Gasteiger partial charge in [-0.25, -0.2) is 18.4 Å². The number of alkyl carbamates (subject to hydrolysis) is 1. The second-order valence-corrected chi connectivity index (χ2v) is 10.8. The zero-order chi connectivity index (χ0) is 29.8. The van der Waals surface area contributed by atoms with Crippen LogP contribution in [-0.2, 0) is 27.3 Å². The van der Waals surface area contributed by atoms with Crippen LogP contribution in [0.5, 0.6) is 0 Å². The van der Waals surface area contributed by atoms with Crippen LogP contribution >= 0.6 is 23.2 Å². The molecule has 0 fully saturated rings. The van der Waals surface area contributed by atoms with Crippen molar-refractivity contribution < 1.29 is 37.8 Å². The van der Waals surface area contributed by atoms with Crippen LogP contribution in [0, 0.1) is 11.6 Å². The molecule has 2 unspecified atom stereocenters. The number of fused-ring (bicyclic) bond motifs is 1. The fourth-order valence-corrected chi connectivity index (χ4v) is 4.31. The number of anilines is 1. The van der Waals surface area contributed by atoms with Gasteiger partial charge in [0, 0.05) is 13.0 Å². The van der Waals surface area contributed by atoms with Gasteiger partial charge in [-0.05, 0) is 62.6 Å². The summed E-state index contributed by atoms with van der Waals surface area (Å²) in [4.78, 5) is 51.3. The number of hydrogen-bond acceptors (Lipinski definition) is 5. The predicted molar refractivity (Wildman–Crippen MR) is 143 cm³/mol. The number of hydrogen-bond donors (Lipinski definition) is 4. The first-order chi connectivity index (χ1) is 18.7. The van der Waals surface area contributed by atoms with Crippen molar-refractivity contribution in [2.24, 2.45) is 0 Å². The highest BCUT2D eigenvalue weighted by atomic mass is 35.5. The maximum Gasteiger partial charge on any atom is 0.408 e. The Morgan fingerprint density at radius 3 is 2.48 bits per heavy atom. The molecule has 0 saturated carbocycles. The molecule has 3 rings (SSSR count). The zero-order valence-corrected chi connectivity index (χ0v) is 23.3. The highest BCUT2D eigenvalue weighted by Crippen LogP contribution is 2.30. The Morgan fingerprint density at radius 2 is 1.82 bits per heavy atom. The monoisotopic (exact) mass is 600 g/mol. The summed E-state index contributed by atoms with van der Waals surface area (Å²) in [6.45, 7) is 4.68. The molecule has 0 aromatic heterocycles. The second-order valence-electron chi connectivity index (χ2n) is 10.0. The molecule has 1 heterocycles. The number of nitrogens with one attached hydrogen (secondary N) is 3. The molecule has 4 amide bonds. The van der Waals surface area contributed by atoms with Crippen molar-refractivity contribution in [3.8, 4) is 0 Å². The number of carbonyl (C=O) groups excluding carboxylic acids is 3. The van der Waals surface area contributed by atoms with E-state index in [1.54, 1.807) is 20.8 Å². The highest BCUT2D eigenvalue weighted by Gasteiger charge is 2.36. The van der Waals surface area contributed by atoms with Crippen molar-refractivity contribution in [1.82, 2.24) is 15.5 Å². The SMILES string of the molecule is CC(C)(C)OC(=O)NCCC(NC(=O)C1Cc2cc(F)ccc2CN1C(=O)O)C(=O)Nc1ccc(Cl)c(Cl)c1F. The van der Waals surface area contributed by atoms with Crippen LogP contribution in [0.15, 0.2) is 30.3 Å². The lowest BCUT2D eigenvalue weighted by Gasteiger charge is -2.34. The van der Waals surface area contributed by atoms with Crippen molar-refractivity contribution in [3.05, 3.63) is 63.1 Å². The van der Waals surface area contributed by atoms with E-state index in [9.17, 15) is 33.1 Å². The van der Waals surface area contributed by atoms with Crippen LogP contribution in [0.3, 0.4) is 0 Å². The van der Waals surface area contributed by atoms with Gasteiger partial charge in [0.05, 0.1) is 22.3 Å². The number of carbonyl (C=O) groups is 4. The molecule has 2 atom stereocenters. The molecular weight excluding hydrogens is 573 g/mol. The summed E-state index contributed by atoms with van der Waals surface area (Å²) in [6.07, 6.45) is -2.47. The van der Waals surface area contributed by atoms with Crippen molar-refractivity contribution >= 4 is 52.9 Å². The largest absolute Gasteiger partial charge is 0.465 e. The van der Waals surface area contributed by atoms with Crippen LogP contribution in [-0.4, -0.2) is 58.2 Å². The highest BCUT2D eigenvalue weighted by molar-refractivity contribution is 6.42. The van der Waals surface area contributed by atoms with Crippen LogP contribution in [0.25, 0.3) is 0 Å². The Morgan fingerprint density at radius 1 is 1.12 bits per heavy atom. The maximum atomic E-state index is 14.6. The lowest BCUT2D eigenvalue weighted by atomic mass is 9.93. The third-order valence-electron chi connectivity index (χ3n) is 5.87. The van der Waals surface area contributed by atoms with Gasteiger partial charge in [-0.15, -0.1) is 0 Å². The van der Waals surface area contributed by atoms with Gasteiger partial charge >= 0.3 is 12.2 Å². The van der Waals surface area contributed by atoms with E-state index in [4.69, 9.17) is 27.9 Å². The van der Waals surface area contributed by atoms with E-state index < -0.39 is 58.3 Å². The number of carboxylic acid groups (broad SMARTS) is 1. The number of benzene rings is 2. The summed E-state index contributed by atoms with van der Waals surface area (Å²) in [5.74, 6) is -3.26. The molecular formula is C26H28Cl2F2N4O6. The summed E-state index contributed by atoms with van der Waals surface area (Å²) in [7, 11) is 0. The van der Waals surface area contributed by atoms with E-state index in [1.165, 1.54) is 30.3 Å². The van der Waals surface area contributed by atoms with Gasteiger partial charge in [-0.3, -0.25) is 14.5 Å². The summed E-state index contributed by atoms with van der Waals surface area (Å²) >= 11 is 11.6. The number of halogens is 4. The van der Waals surface area contributed by atoms with Gasteiger partial charge in [0.2, 0.25) is 11.8 Å². The molecule has 14 heteroatoms. The molecule has 0 radical (unpaired) electrons. The van der Waals surface area contributed by atoms with Crippen molar-refractivity contribution in [3.63, 3.8) is 0 Å². The zero-order valence-electron chi connectivity index (χ0n) is 21.8. The van der Waals surface area contributed by atoms with Gasteiger partial charge in [-0.1, -0.05) is 29.3 Å². The Kier molecular flexibility index (Phi) is 9.80. The number of ether oxygens (including phenoxy) is 1. The van der Waals surface area contributed by atoms with Crippen molar-refractivity contribution in [1.29, 1.82) is 0 Å². The molecule has 0 bridgehead atoms. The topological polar surface area (TPSA) is 137 Å². The van der Waals surface area contributed by atoms with E-state index in [2.05, 4.69) is 16.0 Å². The molecule has 216 valence electrons. The smallest absolute Gasteiger partial charge is 0.408 e. The van der Waals surface area contributed by atoms with E-state index in [1.807, 2.05) is 0 Å². The Bertz CT molecular complexity index is 1320. The molecule has 10 nitrogen and oxygen atoms in total. The normalized spacial score (nSPS) is 15.5. The molecule has 2 aromatic carbocycles. The van der Waals surface area contributed by atoms with Gasteiger partial charge in [-0.2, -0.15) is 0 Å². The number of nitrogens with zero attached hydrogens (tertiary/aromatic N) is 1. The minimum atomic E-state index is -1.39. The minimum Gasteiger partial charge on any atom is -0.465 e. The molecule has 0 saturated heterocycles. The van der Waals surface area contributed by atoms with Crippen molar-refractivity contribution in [2.45, 2.75) is 57.8 Å². The summed E-state index contributed by atoms with van der Waals surface area (Å²) in [5, 5.41) is 16.5. The van der Waals surface area contributed by atoms with Gasteiger partial charge in [0.1, 0.15) is 23.5 Å². The van der Waals surface area contributed by atoms with Crippen LogP contribution in [0.4, 0.5) is 24.1 Å². The lowest BCUT2D eigenvalue weighted by molar-refractivity contribution is -0.130. The van der Waals surface area contributed by atoms with E-state index in [0.717, 1.165) is 4.90 Å². The molecule has 1 aliphatic rings. The summed E-state index contributed by atoms with van der Waals surface area (Å²) in [5.41, 5.74) is -0.104. The Balaban J connectivity index is 1.81. The molecule has 40 heavy (non-hydrogen) atoms. The molecule has 0 spiro atoms.